The Morgan fingerprint density at radius 3 is 2.26 bits per heavy atom. The minimum absolute atomic E-state index is 0.300. The smallest absolute Gasteiger partial charge is 0.0316 e. The molecule has 0 heterocycles. The fraction of sp³-hybridized carbons (Fsp3) is 0.647. The zero-order valence-corrected chi connectivity index (χ0v) is 13.4. The van der Waals surface area contributed by atoms with Gasteiger partial charge in [0.05, 0.1) is 0 Å². The Morgan fingerprint density at radius 2 is 1.74 bits per heavy atom. The zero-order chi connectivity index (χ0) is 14.6. The summed E-state index contributed by atoms with van der Waals surface area (Å²) >= 11 is 0. The Labute approximate surface area is 119 Å². The zero-order valence-electron chi connectivity index (χ0n) is 13.4. The highest BCUT2D eigenvalue weighted by atomic mass is 15.1. The van der Waals surface area contributed by atoms with E-state index in [1.165, 1.54) is 16.7 Å². The Balaban J connectivity index is 2.61. The summed E-state index contributed by atoms with van der Waals surface area (Å²) in [5, 5.41) is 0. The van der Waals surface area contributed by atoms with E-state index in [0.29, 0.717) is 18.0 Å². The van der Waals surface area contributed by atoms with Crippen molar-refractivity contribution in [3.8, 4) is 0 Å². The van der Waals surface area contributed by atoms with Crippen molar-refractivity contribution in [2.75, 3.05) is 13.6 Å². The average molecular weight is 262 g/mol. The number of hydrogen-bond donors (Lipinski definition) is 1. The van der Waals surface area contributed by atoms with E-state index in [4.69, 9.17) is 5.73 Å². The molecule has 0 aromatic heterocycles. The van der Waals surface area contributed by atoms with Gasteiger partial charge in [-0.25, -0.2) is 0 Å². The summed E-state index contributed by atoms with van der Waals surface area (Å²) in [7, 11) is 2.19. The molecule has 0 aliphatic rings. The molecule has 0 spiro atoms. The predicted molar refractivity (Wildman–Crippen MR) is 84.4 cm³/mol. The van der Waals surface area contributed by atoms with Gasteiger partial charge in [-0.05, 0) is 63.4 Å². The molecule has 1 aromatic rings. The first-order valence-electron chi connectivity index (χ1n) is 7.36. The second kappa shape index (κ2) is 7.06. The molecule has 2 nitrogen and oxygen atoms in total. The number of aryl methyl sites for hydroxylation is 2. The largest absolute Gasteiger partial charge is 0.327 e. The molecule has 0 bridgehead atoms. The molecular weight excluding hydrogens is 232 g/mol. The molecule has 19 heavy (non-hydrogen) atoms. The number of hydrogen-bond acceptors (Lipinski definition) is 2. The molecule has 0 amide bonds. The summed E-state index contributed by atoms with van der Waals surface area (Å²) in [6.07, 6.45) is 1.06. The van der Waals surface area contributed by atoms with Crippen LogP contribution < -0.4 is 5.73 Å². The molecular formula is C17H30N2. The fourth-order valence-electron chi connectivity index (χ4n) is 2.16. The van der Waals surface area contributed by atoms with Crippen LogP contribution in [0.2, 0.25) is 0 Å². The molecule has 2 unspecified atom stereocenters. The van der Waals surface area contributed by atoms with Crippen LogP contribution in [0.5, 0.6) is 0 Å². The van der Waals surface area contributed by atoms with Gasteiger partial charge in [0, 0.05) is 12.1 Å². The molecule has 1 rings (SSSR count). The number of benzene rings is 1. The molecule has 108 valence electrons. The highest BCUT2D eigenvalue weighted by molar-refractivity contribution is 5.31. The summed E-state index contributed by atoms with van der Waals surface area (Å²) < 4.78 is 0. The van der Waals surface area contributed by atoms with Gasteiger partial charge in [-0.2, -0.15) is 0 Å². The standard InChI is InChI=1S/C17H30N2/c1-12(2)17(18)9-10-19(6)15(5)16-8-7-13(3)14(4)11-16/h7-8,11-12,15,17H,9-10,18H2,1-6H3. The minimum atomic E-state index is 0.300. The second-order valence-corrected chi connectivity index (χ2v) is 6.20. The Morgan fingerprint density at radius 1 is 1.11 bits per heavy atom. The quantitative estimate of drug-likeness (QED) is 0.847. The van der Waals surface area contributed by atoms with E-state index in [-0.39, 0.29) is 0 Å². The van der Waals surface area contributed by atoms with E-state index in [0.717, 1.165) is 13.0 Å². The van der Waals surface area contributed by atoms with Crippen molar-refractivity contribution in [3.05, 3.63) is 34.9 Å². The average Bonchev–Trinajstić information content (AvgIpc) is 2.37. The van der Waals surface area contributed by atoms with Crippen LogP contribution in [0, 0.1) is 19.8 Å². The van der Waals surface area contributed by atoms with Crippen LogP contribution in [0.25, 0.3) is 0 Å². The van der Waals surface area contributed by atoms with Crippen LogP contribution in [0.15, 0.2) is 18.2 Å². The van der Waals surface area contributed by atoms with Gasteiger partial charge in [0.15, 0.2) is 0 Å². The van der Waals surface area contributed by atoms with Gasteiger partial charge in [0.2, 0.25) is 0 Å². The maximum atomic E-state index is 6.12. The highest BCUT2D eigenvalue weighted by Gasteiger charge is 2.14. The first-order valence-corrected chi connectivity index (χ1v) is 7.36. The van der Waals surface area contributed by atoms with Gasteiger partial charge in [-0.1, -0.05) is 32.0 Å². The molecule has 1 aromatic carbocycles. The summed E-state index contributed by atoms with van der Waals surface area (Å²) in [6, 6.07) is 7.51. The molecule has 0 aliphatic heterocycles. The van der Waals surface area contributed by atoms with Gasteiger partial charge in [0.25, 0.3) is 0 Å². The van der Waals surface area contributed by atoms with E-state index in [1.54, 1.807) is 0 Å². The predicted octanol–water partition coefficient (Wildman–Crippen LogP) is 3.67. The second-order valence-electron chi connectivity index (χ2n) is 6.20. The lowest BCUT2D eigenvalue weighted by atomic mass is 9.99. The van der Waals surface area contributed by atoms with Crippen LogP contribution in [-0.4, -0.2) is 24.5 Å². The number of nitrogens with zero attached hydrogens (tertiary/aromatic N) is 1. The van der Waals surface area contributed by atoms with E-state index in [2.05, 4.69) is 64.8 Å². The van der Waals surface area contributed by atoms with Crippen LogP contribution in [0.3, 0.4) is 0 Å². The van der Waals surface area contributed by atoms with E-state index < -0.39 is 0 Å². The lowest BCUT2D eigenvalue weighted by molar-refractivity contribution is 0.243. The van der Waals surface area contributed by atoms with E-state index in [9.17, 15) is 0 Å². The highest BCUT2D eigenvalue weighted by Crippen LogP contribution is 2.21. The van der Waals surface area contributed by atoms with Crippen molar-refractivity contribution < 1.29 is 0 Å². The van der Waals surface area contributed by atoms with Gasteiger partial charge in [-0.3, -0.25) is 4.90 Å². The molecule has 0 saturated heterocycles. The lowest BCUT2D eigenvalue weighted by Gasteiger charge is -2.27. The van der Waals surface area contributed by atoms with Crippen molar-refractivity contribution in [2.45, 2.75) is 53.1 Å². The molecule has 0 saturated carbocycles. The van der Waals surface area contributed by atoms with Crippen LogP contribution in [0.1, 0.15) is 49.9 Å². The van der Waals surface area contributed by atoms with Gasteiger partial charge >= 0.3 is 0 Å². The maximum Gasteiger partial charge on any atom is 0.0316 e. The third kappa shape index (κ3) is 4.63. The first-order chi connectivity index (χ1) is 8.82. The summed E-state index contributed by atoms with van der Waals surface area (Å²) in [5.41, 5.74) is 10.2. The summed E-state index contributed by atoms with van der Waals surface area (Å²) in [6.45, 7) is 12.0. The summed E-state index contributed by atoms with van der Waals surface area (Å²) in [5.74, 6) is 0.560. The van der Waals surface area contributed by atoms with Crippen molar-refractivity contribution >= 4 is 0 Å². The maximum absolute atomic E-state index is 6.12. The Kier molecular flexibility index (Phi) is 6.02. The first kappa shape index (κ1) is 16.2. The SMILES string of the molecule is Cc1ccc(C(C)N(C)CCC(N)C(C)C)cc1C. The molecule has 2 atom stereocenters. The van der Waals surface area contributed by atoms with Crippen molar-refractivity contribution in [1.29, 1.82) is 0 Å². The normalized spacial score (nSPS) is 15.0. The summed E-state index contributed by atoms with van der Waals surface area (Å²) in [4.78, 5) is 2.40. The third-order valence-electron chi connectivity index (χ3n) is 4.35. The van der Waals surface area contributed by atoms with Gasteiger partial charge in [-0.15, -0.1) is 0 Å². The number of nitrogens with two attached hydrogens (primary N) is 1. The third-order valence-corrected chi connectivity index (χ3v) is 4.35. The van der Waals surface area contributed by atoms with E-state index >= 15 is 0 Å². The topological polar surface area (TPSA) is 29.3 Å². The monoisotopic (exact) mass is 262 g/mol. The van der Waals surface area contributed by atoms with Crippen molar-refractivity contribution in [2.24, 2.45) is 11.7 Å². The Bertz CT molecular complexity index is 398. The fourth-order valence-corrected chi connectivity index (χ4v) is 2.16. The van der Waals surface area contributed by atoms with Crippen molar-refractivity contribution in [3.63, 3.8) is 0 Å². The van der Waals surface area contributed by atoms with Crippen molar-refractivity contribution in [1.82, 2.24) is 4.90 Å². The molecule has 2 N–H and O–H groups in total. The lowest BCUT2D eigenvalue weighted by Crippen LogP contribution is -2.32. The molecule has 0 fully saturated rings. The molecule has 2 heteroatoms. The van der Waals surface area contributed by atoms with Crippen LogP contribution in [0.4, 0.5) is 0 Å². The van der Waals surface area contributed by atoms with Crippen LogP contribution in [-0.2, 0) is 0 Å². The van der Waals surface area contributed by atoms with Gasteiger partial charge < -0.3 is 5.73 Å². The van der Waals surface area contributed by atoms with Gasteiger partial charge in [0.1, 0.15) is 0 Å². The Hall–Kier alpha value is -0.860. The van der Waals surface area contributed by atoms with Crippen LogP contribution >= 0.6 is 0 Å². The van der Waals surface area contributed by atoms with E-state index in [1.807, 2.05) is 0 Å². The molecule has 0 radical (unpaired) electrons. The molecule has 0 aliphatic carbocycles. The minimum Gasteiger partial charge on any atom is -0.327 e. The number of rotatable bonds is 6.